The van der Waals surface area contributed by atoms with Gasteiger partial charge in [0.15, 0.2) is 0 Å². The maximum Gasteiger partial charge on any atom is 0.128 e. The van der Waals surface area contributed by atoms with Gasteiger partial charge in [0.2, 0.25) is 0 Å². The standard InChI is InChI=1S/C16H14ClFN2/c17-14-7-8-16(18)13(11-14)12-20(10-4-9-19)15-5-2-1-3-6-15/h1-3,5-8,11H,4,10,12H2. The molecular formula is C16H14ClFN2. The van der Waals surface area contributed by atoms with Gasteiger partial charge in [-0.1, -0.05) is 29.8 Å². The average molecular weight is 289 g/mol. The van der Waals surface area contributed by atoms with Crippen molar-refractivity contribution < 1.29 is 4.39 Å². The number of hydrogen-bond acceptors (Lipinski definition) is 2. The summed E-state index contributed by atoms with van der Waals surface area (Å²) in [4.78, 5) is 1.97. The van der Waals surface area contributed by atoms with Crippen molar-refractivity contribution >= 4 is 17.3 Å². The molecule has 0 spiro atoms. The molecule has 0 bridgehead atoms. The van der Waals surface area contributed by atoms with Crippen molar-refractivity contribution in [3.8, 4) is 6.07 Å². The molecule has 0 radical (unpaired) electrons. The zero-order chi connectivity index (χ0) is 14.4. The van der Waals surface area contributed by atoms with Crippen molar-refractivity contribution in [2.24, 2.45) is 0 Å². The lowest BCUT2D eigenvalue weighted by Crippen LogP contribution is -2.24. The van der Waals surface area contributed by atoms with E-state index in [2.05, 4.69) is 6.07 Å². The van der Waals surface area contributed by atoms with Crippen LogP contribution in [0.15, 0.2) is 48.5 Å². The third-order valence-corrected chi connectivity index (χ3v) is 3.22. The predicted molar refractivity (Wildman–Crippen MR) is 79.1 cm³/mol. The highest BCUT2D eigenvalue weighted by Crippen LogP contribution is 2.21. The van der Waals surface area contributed by atoms with E-state index in [0.717, 1.165) is 5.69 Å². The Labute approximate surface area is 123 Å². The van der Waals surface area contributed by atoms with E-state index in [0.29, 0.717) is 30.1 Å². The van der Waals surface area contributed by atoms with E-state index in [-0.39, 0.29) is 5.82 Å². The molecule has 0 atom stereocenters. The second kappa shape index (κ2) is 6.93. The normalized spacial score (nSPS) is 10.1. The van der Waals surface area contributed by atoms with Crippen LogP contribution in [0.3, 0.4) is 0 Å². The molecule has 0 saturated heterocycles. The second-order valence-electron chi connectivity index (χ2n) is 4.40. The molecule has 0 fully saturated rings. The summed E-state index contributed by atoms with van der Waals surface area (Å²) in [5.74, 6) is -0.285. The van der Waals surface area contributed by atoms with Crippen LogP contribution in [0.1, 0.15) is 12.0 Å². The van der Waals surface area contributed by atoms with Crippen LogP contribution in [0, 0.1) is 17.1 Å². The quantitative estimate of drug-likeness (QED) is 0.815. The van der Waals surface area contributed by atoms with Crippen molar-refractivity contribution in [3.63, 3.8) is 0 Å². The van der Waals surface area contributed by atoms with Crippen molar-refractivity contribution in [2.75, 3.05) is 11.4 Å². The minimum absolute atomic E-state index is 0.285. The van der Waals surface area contributed by atoms with E-state index >= 15 is 0 Å². The van der Waals surface area contributed by atoms with Crippen LogP contribution in [-0.2, 0) is 6.54 Å². The largest absolute Gasteiger partial charge is 0.366 e. The Kier molecular flexibility index (Phi) is 4.97. The molecule has 4 heteroatoms. The van der Waals surface area contributed by atoms with Crippen LogP contribution >= 0.6 is 11.6 Å². The molecule has 2 aromatic carbocycles. The monoisotopic (exact) mass is 288 g/mol. The Morgan fingerprint density at radius 1 is 1.15 bits per heavy atom. The molecule has 20 heavy (non-hydrogen) atoms. The van der Waals surface area contributed by atoms with E-state index in [1.807, 2.05) is 35.2 Å². The van der Waals surface area contributed by atoms with Crippen LogP contribution in [0.2, 0.25) is 5.02 Å². The molecule has 2 rings (SSSR count). The van der Waals surface area contributed by atoms with Gasteiger partial charge in [-0.15, -0.1) is 0 Å². The minimum Gasteiger partial charge on any atom is -0.366 e. The van der Waals surface area contributed by atoms with Gasteiger partial charge in [-0.2, -0.15) is 5.26 Å². The number of rotatable bonds is 5. The van der Waals surface area contributed by atoms with E-state index in [4.69, 9.17) is 16.9 Å². The van der Waals surface area contributed by atoms with Crippen LogP contribution in [0.25, 0.3) is 0 Å². The molecule has 0 unspecified atom stereocenters. The van der Waals surface area contributed by atoms with Crippen molar-refractivity contribution in [1.29, 1.82) is 5.26 Å². The Morgan fingerprint density at radius 3 is 2.60 bits per heavy atom. The number of halogens is 2. The Balaban J connectivity index is 2.24. The van der Waals surface area contributed by atoms with Crippen molar-refractivity contribution in [3.05, 3.63) is 64.9 Å². The Hall–Kier alpha value is -2.05. The number of nitrogens with zero attached hydrogens (tertiary/aromatic N) is 2. The maximum absolute atomic E-state index is 13.8. The molecule has 2 aromatic rings. The first-order valence-electron chi connectivity index (χ1n) is 6.31. The van der Waals surface area contributed by atoms with E-state index in [1.54, 1.807) is 6.07 Å². The van der Waals surface area contributed by atoms with Crippen molar-refractivity contribution in [2.45, 2.75) is 13.0 Å². The molecule has 0 N–H and O–H groups in total. The first-order valence-corrected chi connectivity index (χ1v) is 6.69. The molecule has 0 heterocycles. The fourth-order valence-electron chi connectivity index (χ4n) is 1.99. The van der Waals surface area contributed by atoms with Crippen LogP contribution in [0.4, 0.5) is 10.1 Å². The van der Waals surface area contributed by atoms with Gasteiger partial charge in [-0.05, 0) is 30.3 Å². The van der Waals surface area contributed by atoms with Gasteiger partial charge in [-0.3, -0.25) is 0 Å². The van der Waals surface area contributed by atoms with Gasteiger partial charge in [0.05, 0.1) is 12.5 Å². The number of hydrogen-bond donors (Lipinski definition) is 0. The Morgan fingerprint density at radius 2 is 1.90 bits per heavy atom. The van der Waals surface area contributed by atoms with Crippen LogP contribution in [-0.4, -0.2) is 6.54 Å². The topological polar surface area (TPSA) is 27.0 Å². The molecule has 0 amide bonds. The van der Waals surface area contributed by atoms with E-state index in [9.17, 15) is 4.39 Å². The molecule has 0 saturated carbocycles. The summed E-state index contributed by atoms with van der Waals surface area (Å²) >= 11 is 5.91. The van der Waals surface area contributed by atoms with Gasteiger partial charge < -0.3 is 4.90 Å². The van der Waals surface area contributed by atoms with Crippen LogP contribution in [0.5, 0.6) is 0 Å². The summed E-state index contributed by atoms with van der Waals surface area (Å²) in [6, 6.07) is 16.3. The number of para-hydroxylation sites is 1. The first kappa shape index (κ1) is 14.4. The molecule has 0 aliphatic heterocycles. The highest BCUT2D eigenvalue weighted by molar-refractivity contribution is 6.30. The molecule has 2 nitrogen and oxygen atoms in total. The molecule has 0 aliphatic carbocycles. The third-order valence-electron chi connectivity index (χ3n) is 2.98. The van der Waals surface area contributed by atoms with Gasteiger partial charge in [0, 0.05) is 29.4 Å². The minimum atomic E-state index is -0.285. The van der Waals surface area contributed by atoms with Crippen LogP contribution < -0.4 is 4.90 Å². The number of anilines is 1. The summed E-state index contributed by atoms with van der Waals surface area (Å²) in [6.07, 6.45) is 0.386. The van der Waals surface area contributed by atoms with Gasteiger partial charge in [0.25, 0.3) is 0 Å². The van der Waals surface area contributed by atoms with Gasteiger partial charge >= 0.3 is 0 Å². The zero-order valence-electron chi connectivity index (χ0n) is 10.9. The summed E-state index contributed by atoms with van der Waals surface area (Å²) in [5.41, 5.74) is 1.49. The summed E-state index contributed by atoms with van der Waals surface area (Å²) < 4.78 is 13.8. The third kappa shape index (κ3) is 3.72. The molecule has 0 aliphatic rings. The van der Waals surface area contributed by atoms with Crippen molar-refractivity contribution in [1.82, 2.24) is 0 Å². The van der Waals surface area contributed by atoms with E-state index in [1.165, 1.54) is 12.1 Å². The van der Waals surface area contributed by atoms with Gasteiger partial charge in [0.1, 0.15) is 5.82 Å². The van der Waals surface area contributed by atoms with E-state index < -0.39 is 0 Å². The smallest absolute Gasteiger partial charge is 0.128 e. The lowest BCUT2D eigenvalue weighted by molar-refractivity contribution is 0.604. The first-order chi connectivity index (χ1) is 9.70. The zero-order valence-corrected chi connectivity index (χ0v) is 11.6. The Bertz CT molecular complexity index is 608. The maximum atomic E-state index is 13.8. The summed E-state index contributed by atoms with van der Waals surface area (Å²) in [6.45, 7) is 0.935. The fraction of sp³-hybridized carbons (Fsp3) is 0.188. The fourth-order valence-corrected chi connectivity index (χ4v) is 2.19. The lowest BCUT2D eigenvalue weighted by atomic mass is 10.1. The summed E-state index contributed by atoms with van der Waals surface area (Å²) in [5, 5.41) is 9.26. The second-order valence-corrected chi connectivity index (χ2v) is 4.84. The lowest BCUT2D eigenvalue weighted by Gasteiger charge is -2.24. The number of benzene rings is 2. The van der Waals surface area contributed by atoms with Gasteiger partial charge in [-0.25, -0.2) is 4.39 Å². The average Bonchev–Trinajstić information content (AvgIpc) is 2.48. The predicted octanol–water partition coefficient (Wildman–Crippen LogP) is 4.40. The highest BCUT2D eigenvalue weighted by atomic mass is 35.5. The summed E-state index contributed by atoms with van der Waals surface area (Å²) in [7, 11) is 0. The highest BCUT2D eigenvalue weighted by Gasteiger charge is 2.10. The molecule has 102 valence electrons. The molecule has 0 aromatic heterocycles. The SMILES string of the molecule is N#CCCN(Cc1cc(Cl)ccc1F)c1ccccc1. The number of nitriles is 1. The molecular weight excluding hydrogens is 275 g/mol.